The van der Waals surface area contributed by atoms with Gasteiger partial charge in [-0.1, -0.05) is 30.3 Å². The van der Waals surface area contributed by atoms with E-state index in [0.717, 1.165) is 37.8 Å². The summed E-state index contributed by atoms with van der Waals surface area (Å²) >= 11 is 0. The Kier molecular flexibility index (Phi) is 5.41. The zero-order valence-electron chi connectivity index (χ0n) is 14.1. The van der Waals surface area contributed by atoms with Crippen molar-refractivity contribution in [1.82, 2.24) is 4.90 Å². The standard InChI is InChI=1S/C19H27NO4/c21-12-8-16-13-19(10-7-17(16)22)9-4-11-20(19)18(23)24-14-15-5-2-1-3-6-15/h1-3,5-6,16-17,21-22H,4,7-14H2/t16-,17-,19-/m0/s1. The summed E-state index contributed by atoms with van der Waals surface area (Å²) in [7, 11) is 0. The topological polar surface area (TPSA) is 70.0 Å². The van der Waals surface area contributed by atoms with Crippen LogP contribution in [0, 0.1) is 5.92 Å². The zero-order chi connectivity index (χ0) is 17.0. The summed E-state index contributed by atoms with van der Waals surface area (Å²) in [6.07, 6.45) is 4.17. The van der Waals surface area contributed by atoms with Crippen molar-refractivity contribution in [2.24, 2.45) is 5.92 Å². The quantitative estimate of drug-likeness (QED) is 0.889. The highest BCUT2D eigenvalue weighted by Gasteiger charge is 2.49. The van der Waals surface area contributed by atoms with E-state index in [0.29, 0.717) is 12.8 Å². The molecule has 24 heavy (non-hydrogen) atoms. The van der Waals surface area contributed by atoms with Crippen LogP contribution in [0.15, 0.2) is 30.3 Å². The maximum atomic E-state index is 12.6. The van der Waals surface area contributed by atoms with Crippen molar-refractivity contribution in [1.29, 1.82) is 0 Å². The summed E-state index contributed by atoms with van der Waals surface area (Å²) in [6.45, 7) is 1.08. The number of hydrogen-bond donors (Lipinski definition) is 2. The SMILES string of the molecule is O=C(OCc1ccccc1)N1CCC[C@@]12CC[C@H](O)[C@@H](CCO)C2. The number of benzene rings is 1. The van der Waals surface area contributed by atoms with Crippen molar-refractivity contribution < 1.29 is 19.7 Å². The molecule has 3 rings (SSSR count). The Morgan fingerprint density at radius 1 is 1.29 bits per heavy atom. The van der Waals surface area contributed by atoms with Gasteiger partial charge in [0.2, 0.25) is 0 Å². The summed E-state index contributed by atoms with van der Waals surface area (Å²) in [5.41, 5.74) is 0.781. The third-order valence-electron chi connectivity index (χ3n) is 5.61. The number of likely N-dealkylation sites (tertiary alicyclic amines) is 1. The molecule has 1 saturated carbocycles. The molecule has 1 aliphatic heterocycles. The van der Waals surface area contributed by atoms with Gasteiger partial charge in [0.1, 0.15) is 6.61 Å². The predicted molar refractivity (Wildman–Crippen MR) is 90.3 cm³/mol. The number of carbonyl (C=O) groups is 1. The van der Waals surface area contributed by atoms with Crippen LogP contribution in [0.25, 0.3) is 0 Å². The van der Waals surface area contributed by atoms with Crippen LogP contribution in [0.1, 0.15) is 44.1 Å². The van der Waals surface area contributed by atoms with Crippen molar-refractivity contribution >= 4 is 6.09 Å². The van der Waals surface area contributed by atoms with Gasteiger partial charge in [-0.05, 0) is 50.0 Å². The molecule has 5 heteroatoms. The van der Waals surface area contributed by atoms with Crippen LogP contribution in [0.3, 0.4) is 0 Å². The van der Waals surface area contributed by atoms with Crippen molar-refractivity contribution in [2.75, 3.05) is 13.2 Å². The molecule has 5 nitrogen and oxygen atoms in total. The fourth-order valence-corrected chi connectivity index (χ4v) is 4.33. The number of nitrogens with zero attached hydrogens (tertiary/aromatic N) is 1. The van der Waals surface area contributed by atoms with Crippen LogP contribution in [0.5, 0.6) is 0 Å². The van der Waals surface area contributed by atoms with Gasteiger partial charge in [-0.15, -0.1) is 0 Å². The summed E-state index contributed by atoms with van der Waals surface area (Å²) in [4.78, 5) is 14.5. The second-order valence-corrected chi connectivity index (χ2v) is 7.10. The third-order valence-corrected chi connectivity index (χ3v) is 5.61. The zero-order valence-corrected chi connectivity index (χ0v) is 14.1. The number of rotatable bonds is 4. The van der Waals surface area contributed by atoms with Crippen LogP contribution in [-0.4, -0.2) is 46.0 Å². The van der Waals surface area contributed by atoms with Gasteiger partial charge >= 0.3 is 6.09 Å². The highest BCUT2D eigenvalue weighted by atomic mass is 16.6. The summed E-state index contributed by atoms with van der Waals surface area (Å²) < 4.78 is 5.54. The van der Waals surface area contributed by atoms with Gasteiger partial charge in [0.15, 0.2) is 0 Å². The molecule has 1 aromatic carbocycles. The number of amides is 1. The second-order valence-electron chi connectivity index (χ2n) is 7.10. The average Bonchev–Trinajstić information content (AvgIpc) is 3.01. The molecule has 0 radical (unpaired) electrons. The lowest BCUT2D eigenvalue weighted by atomic mass is 9.72. The maximum absolute atomic E-state index is 12.6. The first-order chi connectivity index (χ1) is 11.6. The first-order valence-corrected chi connectivity index (χ1v) is 8.92. The first-order valence-electron chi connectivity index (χ1n) is 8.92. The normalized spacial score (nSPS) is 29.8. The van der Waals surface area contributed by atoms with Gasteiger partial charge < -0.3 is 19.8 Å². The summed E-state index contributed by atoms with van der Waals surface area (Å²) in [5, 5.41) is 19.4. The lowest BCUT2D eigenvalue weighted by Gasteiger charge is -2.45. The Morgan fingerprint density at radius 2 is 2.08 bits per heavy atom. The Bertz CT molecular complexity index is 550. The van der Waals surface area contributed by atoms with Crippen LogP contribution in [-0.2, 0) is 11.3 Å². The van der Waals surface area contributed by atoms with E-state index in [2.05, 4.69) is 0 Å². The highest BCUT2D eigenvalue weighted by Crippen LogP contribution is 2.45. The Hall–Kier alpha value is -1.59. The molecule has 1 heterocycles. The monoisotopic (exact) mass is 333 g/mol. The van der Waals surface area contributed by atoms with Gasteiger partial charge in [0.05, 0.1) is 6.10 Å². The smallest absolute Gasteiger partial charge is 0.410 e. The molecule has 1 aliphatic carbocycles. The summed E-state index contributed by atoms with van der Waals surface area (Å²) in [5.74, 6) is 0.0614. The van der Waals surface area contributed by atoms with E-state index in [1.54, 1.807) is 0 Å². The van der Waals surface area contributed by atoms with Gasteiger partial charge in [-0.25, -0.2) is 4.79 Å². The number of ether oxygens (including phenoxy) is 1. The summed E-state index contributed by atoms with van der Waals surface area (Å²) in [6, 6.07) is 9.70. The molecule has 0 aromatic heterocycles. The second kappa shape index (κ2) is 7.53. The van der Waals surface area contributed by atoms with E-state index in [4.69, 9.17) is 4.74 Å². The fourth-order valence-electron chi connectivity index (χ4n) is 4.33. The Labute approximate surface area is 143 Å². The molecule has 1 aromatic rings. The number of aliphatic hydroxyl groups is 2. The van der Waals surface area contributed by atoms with Crippen LogP contribution >= 0.6 is 0 Å². The van der Waals surface area contributed by atoms with Crippen LogP contribution < -0.4 is 0 Å². The molecular weight excluding hydrogens is 306 g/mol. The number of aliphatic hydroxyl groups excluding tert-OH is 2. The number of hydrogen-bond acceptors (Lipinski definition) is 4. The molecule has 2 aliphatic rings. The number of carbonyl (C=O) groups excluding carboxylic acids is 1. The van der Waals surface area contributed by atoms with E-state index in [1.807, 2.05) is 35.2 Å². The van der Waals surface area contributed by atoms with Crippen LogP contribution in [0.2, 0.25) is 0 Å². The van der Waals surface area contributed by atoms with Crippen LogP contribution in [0.4, 0.5) is 4.79 Å². The fraction of sp³-hybridized carbons (Fsp3) is 0.632. The van der Waals surface area contributed by atoms with Crippen molar-refractivity contribution in [3.63, 3.8) is 0 Å². The van der Waals surface area contributed by atoms with Crippen molar-refractivity contribution in [3.05, 3.63) is 35.9 Å². The average molecular weight is 333 g/mol. The molecule has 3 atom stereocenters. The lowest BCUT2D eigenvalue weighted by molar-refractivity contribution is -0.0204. The Balaban J connectivity index is 1.64. The van der Waals surface area contributed by atoms with Gasteiger partial charge in [-0.3, -0.25) is 0 Å². The maximum Gasteiger partial charge on any atom is 0.410 e. The molecule has 0 bridgehead atoms. The Morgan fingerprint density at radius 3 is 2.83 bits per heavy atom. The molecule has 1 amide bonds. The van der Waals surface area contributed by atoms with E-state index < -0.39 is 0 Å². The van der Waals surface area contributed by atoms with E-state index in [1.165, 1.54) is 0 Å². The highest BCUT2D eigenvalue weighted by molar-refractivity contribution is 5.69. The predicted octanol–water partition coefficient (Wildman–Crippen LogP) is 2.70. The van der Waals surface area contributed by atoms with E-state index in [-0.39, 0.29) is 36.9 Å². The van der Waals surface area contributed by atoms with E-state index in [9.17, 15) is 15.0 Å². The molecule has 1 spiro atoms. The first kappa shape index (κ1) is 17.2. The van der Waals surface area contributed by atoms with Gasteiger partial charge in [-0.2, -0.15) is 0 Å². The van der Waals surface area contributed by atoms with Gasteiger partial charge in [0.25, 0.3) is 0 Å². The largest absolute Gasteiger partial charge is 0.445 e. The lowest BCUT2D eigenvalue weighted by Crippen LogP contribution is -2.52. The molecule has 1 saturated heterocycles. The third kappa shape index (κ3) is 3.57. The molecule has 2 fully saturated rings. The minimum Gasteiger partial charge on any atom is -0.445 e. The minimum atomic E-state index is -0.370. The minimum absolute atomic E-state index is 0.0614. The van der Waals surface area contributed by atoms with E-state index >= 15 is 0 Å². The van der Waals surface area contributed by atoms with Gasteiger partial charge in [0, 0.05) is 18.7 Å². The molecule has 2 N–H and O–H groups in total. The van der Waals surface area contributed by atoms with Crippen molar-refractivity contribution in [2.45, 2.75) is 56.8 Å². The van der Waals surface area contributed by atoms with Crippen molar-refractivity contribution in [3.8, 4) is 0 Å². The molecular formula is C19H27NO4. The molecule has 132 valence electrons. The molecule has 0 unspecified atom stereocenters.